The summed E-state index contributed by atoms with van der Waals surface area (Å²) < 4.78 is 5.45. The molecular weight excluding hydrogens is 362 g/mol. The molecule has 1 aromatic carbocycles. The summed E-state index contributed by atoms with van der Waals surface area (Å²) in [6.07, 6.45) is 12.9. The van der Waals surface area contributed by atoms with Gasteiger partial charge in [0, 0.05) is 24.6 Å². The van der Waals surface area contributed by atoms with E-state index in [0.29, 0.717) is 17.8 Å². The van der Waals surface area contributed by atoms with Crippen molar-refractivity contribution < 1.29 is 4.52 Å². The highest BCUT2D eigenvalue weighted by molar-refractivity contribution is 5.75. The van der Waals surface area contributed by atoms with Crippen molar-refractivity contribution >= 4 is 5.96 Å². The quantitative estimate of drug-likeness (QED) is 0.319. The molecule has 3 N–H and O–H groups in total. The van der Waals surface area contributed by atoms with Crippen LogP contribution in [0.1, 0.15) is 76.2 Å². The topological polar surface area (TPSA) is 92.0 Å². The lowest BCUT2D eigenvalue weighted by Crippen LogP contribution is -2.40. The van der Waals surface area contributed by atoms with Gasteiger partial charge in [-0.2, -0.15) is 4.98 Å². The van der Waals surface area contributed by atoms with E-state index < -0.39 is 0 Å². The molecule has 158 valence electrons. The predicted octanol–water partition coefficient (Wildman–Crippen LogP) is 4.93. The van der Waals surface area contributed by atoms with Gasteiger partial charge in [0.15, 0.2) is 5.96 Å². The average molecular weight is 398 g/mol. The summed E-state index contributed by atoms with van der Waals surface area (Å²) >= 11 is 0. The number of nitrogens with one attached hydrogen (secondary N) is 1. The summed E-state index contributed by atoms with van der Waals surface area (Å²) in [5.41, 5.74) is 8.04. The van der Waals surface area contributed by atoms with Crippen LogP contribution < -0.4 is 5.73 Å². The lowest BCUT2D eigenvalue weighted by Gasteiger charge is -2.23. The molecule has 6 nitrogen and oxygen atoms in total. The zero-order valence-corrected chi connectivity index (χ0v) is 17.7. The molecule has 0 saturated carbocycles. The van der Waals surface area contributed by atoms with Gasteiger partial charge in [-0.15, -0.1) is 0 Å². The Bertz CT molecular complexity index is 755. The molecule has 6 heteroatoms. The third-order valence-corrected chi connectivity index (χ3v) is 5.88. The molecule has 0 unspecified atom stereocenters. The largest absolute Gasteiger partial charge is 0.370 e. The molecule has 29 heavy (non-hydrogen) atoms. The Morgan fingerprint density at radius 2 is 1.90 bits per heavy atom. The molecule has 0 bridgehead atoms. The fourth-order valence-corrected chi connectivity index (χ4v) is 4.15. The van der Waals surface area contributed by atoms with Crippen LogP contribution in [-0.2, 0) is 12.8 Å². The predicted molar refractivity (Wildman–Crippen MR) is 117 cm³/mol. The second kappa shape index (κ2) is 11.0. The van der Waals surface area contributed by atoms with E-state index in [1.165, 1.54) is 44.1 Å². The molecular formula is C23H35N5O. The normalized spacial score (nSPS) is 16.4. The van der Waals surface area contributed by atoms with Gasteiger partial charge in [0.2, 0.25) is 11.7 Å². The number of benzene rings is 1. The highest BCUT2D eigenvalue weighted by atomic mass is 16.5. The molecule has 3 rings (SSSR count). The Balaban J connectivity index is 1.45. The third kappa shape index (κ3) is 6.31. The number of rotatable bonds is 11. The molecule has 2 aromatic rings. The highest BCUT2D eigenvalue weighted by Crippen LogP contribution is 2.22. The number of hydrogen-bond donors (Lipinski definition) is 2. The molecule has 1 saturated heterocycles. The molecule has 0 spiro atoms. The molecule has 1 aromatic heterocycles. The van der Waals surface area contributed by atoms with Crippen molar-refractivity contribution in [2.75, 3.05) is 6.54 Å². The first-order valence-electron chi connectivity index (χ1n) is 11.2. The number of hydrogen-bond acceptors (Lipinski definition) is 4. The fourth-order valence-electron chi connectivity index (χ4n) is 4.15. The summed E-state index contributed by atoms with van der Waals surface area (Å²) in [5, 5.41) is 11.8. The van der Waals surface area contributed by atoms with Crippen LogP contribution in [-0.4, -0.2) is 33.6 Å². The van der Waals surface area contributed by atoms with E-state index in [-0.39, 0.29) is 5.96 Å². The Morgan fingerprint density at radius 1 is 1.14 bits per heavy atom. The van der Waals surface area contributed by atoms with Crippen molar-refractivity contribution in [3.8, 4) is 11.4 Å². The van der Waals surface area contributed by atoms with Crippen LogP contribution in [0.3, 0.4) is 0 Å². The van der Waals surface area contributed by atoms with Gasteiger partial charge in [-0.05, 0) is 37.7 Å². The van der Waals surface area contributed by atoms with Gasteiger partial charge in [0.25, 0.3) is 0 Å². The van der Waals surface area contributed by atoms with Crippen molar-refractivity contribution in [2.45, 2.75) is 83.6 Å². The van der Waals surface area contributed by atoms with E-state index in [0.717, 1.165) is 44.2 Å². The van der Waals surface area contributed by atoms with E-state index >= 15 is 0 Å². The Kier molecular flexibility index (Phi) is 8.08. The van der Waals surface area contributed by atoms with Gasteiger partial charge in [-0.1, -0.05) is 68.4 Å². The van der Waals surface area contributed by atoms with Crippen LogP contribution >= 0.6 is 0 Å². The molecule has 0 amide bonds. The van der Waals surface area contributed by atoms with Crippen LogP contribution in [0.5, 0.6) is 0 Å². The number of nitrogens with two attached hydrogens (primary N) is 1. The van der Waals surface area contributed by atoms with E-state index in [2.05, 4.69) is 41.3 Å². The summed E-state index contributed by atoms with van der Waals surface area (Å²) in [6, 6.07) is 8.86. The zero-order chi connectivity index (χ0) is 20.5. The lowest BCUT2D eigenvalue weighted by molar-refractivity contribution is 0.331. The first kappa shape index (κ1) is 21.3. The highest BCUT2D eigenvalue weighted by Gasteiger charge is 2.25. The summed E-state index contributed by atoms with van der Waals surface area (Å²) in [6.45, 7) is 3.13. The van der Waals surface area contributed by atoms with E-state index in [4.69, 9.17) is 15.7 Å². The standard InChI is InChI=1S/C23H35N5O/c1-2-3-4-5-6-7-9-18-11-13-19(14-12-18)22-26-21(29-27-22)16-15-20-10-8-17-28(20)23(24)25/h11-14,20H,2-10,15-17H2,1H3,(H3,24,25)/t20-/m0/s1. The number of likely N-dealkylation sites (tertiary alicyclic amines) is 1. The molecule has 0 radical (unpaired) electrons. The Labute approximate surface area is 174 Å². The third-order valence-electron chi connectivity index (χ3n) is 5.88. The van der Waals surface area contributed by atoms with Crippen molar-refractivity contribution in [1.29, 1.82) is 5.41 Å². The molecule has 1 atom stereocenters. The fraction of sp³-hybridized carbons (Fsp3) is 0.609. The second-order valence-electron chi connectivity index (χ2n) is 8.14. The monoisotopic (exact) mass is 397 g/mol. The van der Waals surface area contributed by atoms with Gasteiger partial charge < -0.3 is 15.2 Å². The number of aryl methyl sites for hydroxylation is 2. The van der Waals surface area contributed by atoms with E-state index in [9.17, 15) is 0 Å². The second-order valence-corrected chi connectivity index (χ2v) is 8.14. The minimum Gasteiger partial charge on any atom is -0.370 e. The zero-order valence-electron chi connectivity index (χ0n) is 17.7. The van der Waals surface area contributed by atoms with Crippen molar-refractivity contribution in [3.63, 3.8) is 0 Å². The van der Waals surface area contributed by atoms with Gasteiger partial charge in [-0.3, -0.25) is 5.41 Å². The smallest absolute Gasteiger partial charge is 0.227 e. The van der Waals surface area contributed by atoms with E-state index in [1.807, 2.05) is 4.90 Å². The molecule has 2 heterocycles. The maximum atomic E-state index is 7.67. The number of aromatic nitrogens is 2. The van der Waals surface area contributed by atoms with Gasteiger partial charge in [0.1, 0.15) is 0 Å². The van der Waals surface area contributed by atoms with Gasteiger partial charge >= 0.3 is 0 Å². The van der Waals surface area contributed by atoms with Crippen molar-refractivity contribution in [1.82, 2.24) is 15.0 Å². The number of nitrogens with zero attached hydrogens (tertiary/aromatic N) is 3. The van der Waals surface area contributed by atoms with Gasteiger partial charge in [-0.25, -0.2) is 0 Å². The van der Waals surface area contributed by atoms with Crippen LogP contribution in [0.2, 0.25) is 0 Å². The minimum absolute atomic E-state index is 0.166. The van der Waals surface area contributed by atoms with Gasteiger partial charge in [0.05, 0.1) is 0 Å². The molecule has 1 aliphatic rings. The van der Waals surface area contributed by atoms with Crippen LogP contribution in [0.15, 0.2) is 28.8 Å². The maximum Gasteiger partial charge on any atom is 0.227 e. The molecule has 0 aliphatic carbocycles. The first-order chi connectivity index (χ1) is 14.2. The van der Waals surface area contributed by atoms with E-state index in [1.54, 1.807) is 0 Å². The maximum absolute atomic E-state index is 7.67. The first-order valence-corrected chi connectivity index (χ1v) is 11.2. The van der Waals surface area contributed by atoms with Crippen molar-refractivity contribution in [2.24, 2.45) is 5.73 Å². The lowest BCUT2D eigenvalue weighted by atomic mass is 10.0. The minimum atomic E-state index is 0.166. The summed E-state index contributed by atoms with van der Waals surface area (Å²) in [7, 11) is 0. The number of unbranched alkanes of at least 4 members (excludes halogenated alkanes) is 5. The van der Waals surface area contributed by atoms with Crippen LogP contribution in [0.4, 0.5) is 0 Å². The molecule has 1 fully saturated rings. The van der Waals surface area contributed by atoms with Crippen LogP contribution in [0.25, 0.3) is 11.4 Å². The SMILES string of the molecule is CCCCCCCCc1ccc(-c2noc(CC[C@@H]3CCCN3C(=N)N)n2)cc1. The van der Waals surface area contributed by atoms with Crippen molar-refractivity contribution in [3.05, 3.63) is 35.7 Å². The Morgan fingerprint density at radius 3 is 2.66 bits per heavy atom. The molecule has 1 aliphatic heterocycles. The Hall–Kier alpha value is -2.37. The summed E-state index contributed by atoms with van der Waals surface area (Å²) in [4.78, 5) is 6.54. The number of guanidine groups is 1. The average Bonchev–Trinajstić information content (AvgIpc) is 3.39. The van der Waals surface area contributed by atoms with Crippen LogP contribution in [0, 0.1) is 5.41 Å². The summed E-state index contributed by atoms with van der Waals surface area (Å²) in [5.74, 6) is 1.48.